The van der Waals surface area contributed by atoms with E-state index in [4.69, 9.17) is 4.74 Å². The molecular weight excluding hydrogens is 240 g/mol. The highest BCUT2D eigenvalue weighted by atomic mass is 16.5. The molecule has 0 aliphatic heterocycles. The fraction of sp³-hybridized carbons (Fsp3) is 0.267. The topological polar surface area (TPSA) is 45.6 Å². The van der Waals surface area contributed by atoms with Crippen LogP contribution in [0.2, 0.25) is 0 Å². The molecule has 0 fully saturated rings. The summed E-state index contributed by atoms with van der Waals surface area (Å²) in [5.41, 5.74) is 1.84. The highest BCUT2D eigenvalue weighted by molar-refractivity contribution is 5.59. The molecule has 2 rings (SSSR count). The van der Waals surface area contributed by atoms with Crippen LogP contribution in [0, 0.1) is 0 Å². The average molecular weight is 258 g/mol. The minimum Gasteiger partial charge on any atom is -0.497 e. The van der Waals surface area contributed by atoms with Gasteiger partial charge in [0, 0.05) is 18.9 Å². The van der Waals surface area contributed by atoms with E-state index < -0.39 is 6.10 Å². The van der Waals surface area contributed by atoms with Gasteiger partial charge in [-0.2, -0.15) is 0 Å². The minimum atomic E-state index is -0.493. The maximum Gasteiger partial charge on any atom is 0.132 e. The predicted octanol–water partition coefficient (Wildman–Crippen LogP) is 2.91. The highest BCUT2D eigenvalue weighted by Gasteiger charge is 2.07. The Hall–Kier alpha value is -2.07. The van der Waals surface area contributed by atoms with Gasteiger partial charge in [-0.3, -0.25) is 0 Å². The summed E-state index contributed by atoms with van der Waals surface area (Å²) < 4.78 is 5.13. The first-order valence-corrected chi connectivity index (χ1v) is 6.13. The zero-order valence-corrected chi connectivity index (χ0v) is 11.4. The zero-order valence-electron chi connectivity index (χ0n) is 11.4. The van der Waals surface area contributed by atoms with Gasteiger partial charge in [0.1, 0.15) is 11.6 Å². The van der Waals surface area contributed by atoms with Crippen LogP contribution in [-0.4, -0.2) is 24.2 Å². The van der Waals surface area contributed by atoms with Gasteiger partial charge in [-0.25, -0.2) is 4.98 Å². The van der Waals surface area contributed by atoms with Crippen LogP contribution in [0.5, 0.6) is 5.75 Å². The first kappa shape index (κ1) is 13.4. The van der Waals surface area contributed by atoms with Gasteiger partial charge in [-0.1, -0.05) is 6.07 Å². The van der Waals surface area contributed by atoms with Crippen LogP contribution in [0.15, 0.2) is 42.6 Å². The summed E-state index contributed by atoms with van der Waals surface area (Å²) in [6.07, 6.45) is 1.20. The van der Waals surface area contributed by atoms with E-state index >= 15 is 0 Å². The average Bonchev–Trinajstić information content (AvgIpc) is 2.46. The third-order valence-electron chi connectivity index (χ3n) is 3.06. The normalized spacial score (nSPS) is 12.0. The summed E-state index contributed by atoms with van der Waals surface area (Å²) in [7, 11) is 3.60. The van der Waals surface area contributed by atoms with Gasteiger partial charge in [0.15, 0.2) is 0 Å². The number of rotatable bonds is 4. The van der Waals surface area contributed by atoms with Crippen molar-refractivity contribution < 1.29 is 9.84 Å². The Morgan fingerprint density at radius 2 is 1.84 bits per heavy atom. The number of ether oxygens (including phenoxy) is 1. The van der Waals surface area contributed by atoms with Crippen molar-refractivity contribution in [1.82, 2.24) is 4.98 Å². The fourth-order valence-electron chi connectivity index (χ4n) is 1.78. The summed E-state index contributed by atoms with van der Waals surface area (Å²) in [6, 6.07) is 11.6. The Morgan fingerprint density at radius 1 is 1.16 bits per heavy atom. The van der Waals surface area contributed by atoms with Crippen molar-refractivity contribution in [3.05, 3.63) is 48.2 Å². The van der Waals surface area contributed by atoms with E-state index in [1.807, 2.05) is 48.3 Å². The number of nitrogens with zero attached hydrogens (tertiary/aromatic N) is 2. The minimum absolute atomic E-state index is 0.493. The lowest BCUT2D eigenvalue weighted by Gasteiger charge is -2.19. The highest BCUT2D eigenvalue weighted by Crippen LogP contribution is 2.24. The van der Waals surface area contributed by atoms with Gasteiger partial charge in [-0.05, 0) is 42.8 Å². The standard InChI is InChI=1S/C15H18N2O2/c1-11(18)12-4-9-15(16-10-12)17(2)13-5-7-14(19-3)8-6-13/h4-11,18H,1-3H3. The predicted molar refractivity (Wildman–Crippen MR) is 75.9 cm³/mol. The molecule has 0 bridgehead atoms. The third-order valence-corrected chi connectivity index (χ3v) is 3.06. The number of methoxy groups -OCH3 is 1. The van der Waals surface area contributed by atoms with Gasteiger partial charge in [-0.15, -0.1) is 0 Å². The summed E-state index contributed by atoms with van der Waals surface area (Å²) in [4.78, 5) is 6.33. The molecule has 1 unspecified atom stereocenters. The van der Waals surface area contributed by atoms with Crippen molar-refractivity contribution in [1.29, 1.82) is 0 Å². The van der Waals surface area contributed by atoms with E-state index in [2.05, 4.69) is 4.98 Å². The van der Waals surface area contributed by atoms with E-state index in [-0.39, 0.29) is 0 Å². The van der Waals surface area contributed by atoms with Crippen LogP contribution in [0.4, 0.5) is 11.5 Å². The number of aromatic nitrogens is 1. The number of aliphatic hydroxyl groups excluding tert-OH is 1. The van der Waals surface area contributed by atoms with Crippen LogP contribution in [0.1, 0.15) is 18.6 Å². The molecule has 0 saturated heterocycles. The van der Waals surface area contributed by atoms with Crippen molar-refractivity contribution in [2.24, 2.45) is 0 Å². The summed E-state index contributed by atoms with van der Waals surface area (Å²) in [5, 5.41) is 9.46. The maximum atomic E-state index is 9.46. The van der Waals surface area contributed by atoms with Crippen molar-refractivity contribution in [3.63, 3.8) is 0 Å². The molecule has 0 amide bonds. The molecular formula is C15H18N2O2. The summed E-state index contributed by atoms with van der Waals surface area (Å²) >= 11 is 0. The Balaban J connectivity index is 2.20. The van der Waals surface area contributed by atoms with E-state index in [0.29, 0.717) is 0 Å². The summed E-state index contributed by atoms with van der Waals surface area (Å²) in [5.74, 6) is 1.66. The SMILES string of the molecule is COc1ccc(N(C)c2ccc(C(C)O)cn2)cc1. The van der Waals surface area contributed by atoms with Gasteiger partial charge < -0.3 is 14.7 Å². The molecule has 1 aromatic carbocycles. The Bertz CT molecular complexity index is 521. The Morgan fingerprint density at radius 3 is 2.32 bits per heavy atom. The van der Waals surface area contributed by atoms with Crippen molar-refractivity contribution in [2.45, 2.75) is 13.0 Å². The van der Waals surface area contributed by atoms with Crippen molar-refractivity contribution in [2.75, 3.05) is 19.1 Å². The van der Waals surface area contributed by atoms with Crippen LogP contribution in [-0.2, 0) is 0 Å². The number of hydrogen-bond acceptors (Lipinski definition) is 4. The maximum absolute atomic E-state index is 9.46. The molecule has 1 N–H and O–H groups in total. The second kappa shape index (κ2) is 5.71. The van der Waals surface area contributed by atoms with Crippen LogP contribution in [0.3, 0.4) is 0 Å². The molecule has 4 nitrogen and oxygen atoms in total. The molecule has 2 aromatic rings. The number of anilines is 2. The number of aliphatic hydroxyl groups is 1. The largest absolute Gasteiger partial charge is 0.497 e. The molecule has 1 atom stereocenters. The van der Waals surface area contributed by atoms with Crippen molar-refractivity contribution >= 4 is 11.5 Å². The quantitative estimate of drug-likeness (QED) is 0.916. The second-order valence-electron chi connectivity index (χ2n) is 4.38. The van der Waals surface area contributed by atoms with Gasteiger partial charge in [0.25, 0.3) is 0 Å². The number of pyridine rings is 1. The molecule has 0 aliphatic carbocycles. The van der Waals surface area contributed by atoms with E-state index in [9.17, 15) is 5.11 Å². The van der Waals surface area contributed by atoms with Crippen LogP contribution >= 0.6 is 0 Å². The molecule has 0 saturated carbocycles. The monoisotopic (exact) mass is 258 g/mol. The fourth-order valence-corrected chi connectivity index (χ4v) is 1.78. The lowest BCUT2D eigenvalue weighted by atomic mass is 10.2. The molecule has 0 radical (unpaired) electrons. The van der Waals surface area contributed by atoms with Gasteiger partial charge >= 0.3 is 0 Å². The van der Waals surface area contributed by atoms with Gasteiger partial charge in [0.05, 0.1) is 13.2 Å². The van der Waals surface area contributed by atoms with E-state index in [0.717, 1.165) is 22.8 Å². The first-order chi connectivity index (χ1) is 9.11. The first-order valence-electron chi connectivity index (χ1n) is 6.13. The smallest absolute Gasteiger partial charge is 0.132 e. The molecule has 1 aromatic heterocycles. The van der Waals surface area contributed by atoms with Gasteiger partial charge in [0.2, 0.25) is 0 Å². The second-order valence-corrected chi connectivity index (χ2v) is 4.38. The van der Waals surface area contributed by atoms with Crippen molar-refractivity contribution in [3.8, 4) is 5.75 Å². The van der Waals surface area contributed by atoms with Crippen LogP contribution in [0.25, 0.3) is 0 Å². The molecule has 0 aliphatic rings. The lowest BCUT2D eigenvalue weighted by Crippen LogP contribution is -2.11. The molecule has 4 heteroatoms. The Labute approximate surface area is 113 Å². The molecule has 1 heterocycles. The lowest BCUT2D eigenvalue weighted by molar-refractivity contribution is 0.199. The third kappa shape index (κ3) is 3.03. The Kier molecular flexibility index (Phi) is 4.02. The zero-order chi connectivity index (χ0) is 13.8. The summed E-state index contributed by atoms with van der Waals surface area (Å²) in [6.45, 7) is 1.73. The van der Waals surface area contributed by atoms with E-state index in [1.54, 1.807) is 20.2 Å². The molecule has 100 valence electrons. The molecule has 0 spiro atoms. The molecule has 19 heavy (non-hydrogen) atoms. The van der Waals surface area contributed by atoms with E-state index in [1.165, 1.54) is 0 Å². The van der Waals surface area contributed by atoms with Crippen LogP contribution < -0.4 is 9.64 Å². The number of hydrogen-bond donors (Lipinski definition) is 1. The number of benzene rings is 1.